The average molecular weight is 343 g/mol. The van der Waals surface area contributed by atoms with Crippen molar-refractivity contribution < 1.29 is 19.0 Å². The molecular weight excluding hydrogens is 320 g/mol. The van der Waals surface area contributed by atoms with Crippen molar-refractivity contribution in [1.82, 2.24) is 10.2 Å². The van der Waals surface area contributed by atoms with Crippen molar-refractivity contribution in [2.75, 3.05) is 40.5 Å². The molecule has 1 aliphatic heterocycles. The van der Waals surface area contributed by atoms with Crippen LogP contribution in [-0.2, 0) is 16.1 Å². The van der Waals surface area contributed by atoms with Crippen molar-refractivity contribution in [2.45, 2.75) is 19.6 Å². The van der Waals surface area contributed by atoms with Gasteiger partial charge in [0.25, 0.3) is 0 Å². The van der Waals surface area contributed by atoms with Crippen LogP contribution < -0.4 is 14.8 Å². The summed E-state index contributed by atoms with van der Waals surface area (Å²) in [5.74, 6) is 1.12. The number of nitrogens with one attached hydrogen (secondary N) is 1. The first kappa shape index (κ1) is 17.8. The minimum atomic E-state index is -0.0475. The van der Waals surface area contributed by atoms with E-state index < -0.39 is 0 Å². The molecule has 1 atom stereocenters. The Morgan fingerprint density at radius 3 is 2.87 bits per heavy atom. The van der Waals surface area contributed by atoms with Crippen LogP contribution in [0.15, 0.2) is 12.1 Å². The van der Waals surface area contributed by atoms with Crippen LogP contribution in [-0.4, -0.2) is 57.4 Å². The molecule has 1 aromatic rings. The monoisotopic (exact) mass is 342 g/mol. The maximum atomic E-state index is 11.0. The number of nitrogens with zero attached hydrogens (tertiary/aromatic N) is 1. The van der Waals surface area contributed by atoms with Crippen LogP contribution in [0.5, 0.6) is 11.5 Å². The Labute approximate surface area is 141 Å². The van der Waals surface area contributed by atoms with E-state index in [0.29, 0.717) is 36.2 Å². The van der Waals surface area contributed by atoms with Crippen LogP contribution in [0.1, 0.15) is 12.5 Å². The van der Waals surface area contributed by atoms with Crippen molar-refractivity contribution in [2.24, 2.45) is 0 Å². The standard InChI is InChI=1S/C16H23ClN2O4/c1-11(20)18-8-13-10-19(6-7-23-13)9-12-4-5-14(21-2)16(22-3)15(12)17/h4-5,13H,6-10H2,1-3H3,(H,18,20). The summed E-state index contributed by atoms with van der Waals surface area (Å²) in [4.78, 5) is 13.3. The number of hydrogen-bond donors (Lipinski definition) is 1. The molecular formula is C16H23ClN2O4. The van der Waals surface area contributed by atoms with Gasteiger partial charge < -0.3 is 19.5 Å². The number of morpholine rings is 1. The van der Waals surface area contributed by atoms with Crippen LogP contribution in [0, 0.1) is 0 Å². The molecule has 0 radical (unpaired) electrons. The normalized spacial score (nSPS) is 18.5. The molecule has 1 amide bonds. The summed E-state index contributed by atoms with van der Waals surface area (Å²) in [5.41, 5.74) is 0.976. The lowest BCUT2D eigenvalue weighted by atomic mass is 10.1. The highest BCUT2D eigenvalue weighted by molar-refractivity contribution is 6.33. The number of hydrogen-bond acceptors (Lipinski definition) is 5. The quantitative estimate of drug-likeness (QED) is 0.852. The van der Waals surface area contributed by atoms with E-state index in [1.54, 1.807) is 14.2 Å². The molecule has 1 heterocycles. The SMILES string of the molecule is COc1ccc(CN2CCOC(CNC(C)=O)C2)c(Cl)c1OC. The molecule has 1 aromatic carbocycles. The summed E-state index contributed by atoms with van der Waals surface area (Å²) in [6, 6.07) is 3.80. The summed E-state index contributed by atoms with van der Waals surface area (Å²) in [6.07, 6.45) is -0.00781. The number of carbonyl (C=O) groups is 1. The first-order valence-corrected chi connectivity index (χ1v) is 7.90. The van der Waals surface area contributed by atoms with Crippen LogP contribution in [0.4, 0.5) is 0 Å². The van der Waals surface area contributed by atoms with E-state index in [2.05, 4.69) is 10.2 Å². The Kier molecular flexibility index (Phi) is 6.50. The van der Waals surface area contributed by atoms with Crippen molar-refractivity contribution in [3.63, 3.8) is 0 Å². The lowest BCUT2D eigenvalue weighted by Crippen LogP contribution is -2.46. The number of halogens is 1. The maximum Gasteiger partial charge on any atom is 0.216 e. The van der Waals surface area contributed by atoms with Gasteiger partial charge in [-0.25, -0.2) is 0 Å². The highest BCUT2D eigenvalue weighted by Gasteiger charge is 2.22. The molecule has 1 fully saturated rings. The van der Waals surface area contributed by atoms with E-state index in [4.69, 9.17) is 25.8 Å². The van der Waals surface area contributed by atoms with Gasteiger partial charge >= 0.3 is 0 Å². The van der Waals surface area contributed by atoms with Crippen molar-refractivity contribution >= 4 is 17.5 Å². The summed E-state index contributed by atoms with van der Waals surface area (Å²) in [5, 5.41) is 3.36. The smallest absolute Gasteiger partial charge is 0.216 e. The Bertz CT molecular complexity index is 553. The van der Waals surface area contributed by atoms with Gasteiger partial charge in [0.05, 0.1) is 32.0 Å². The number of ether oxygens (including phenoxy) is 3. The first-order valence-electron chi connectivity index (χ1n) is 7.53. The van der Waals surface area contributed by atoms with Crippen molar-refractivity contribution in [3.05, 3.63) is 22.7 Å². The molecule has 0 bridgehead atoms. The van der Waals surface area contributed by atoms with Gasteiger partial charge in [0.15, 0.2) is 11.5 Å². The molecule has 0 spiro atoms. The van der Waals surface area contributed by atoms with Gasteiger partial charge in [-0.05, 0) is 11.6 Å². The van der Waals surface area contributed by atoms with E-state index in [9.17, 15) is 4.79 Å². The van der Waals surface area contributed by atoms with Gasteiger partial charge in [0.2, 0.25) is 5.91 Å². The largest absolute Gasteiger partial charge is 0.493 e. The molecule has 128 valence electrons. The Morgan fingerprint density at radius 2 is 2.22 bits per heavy atom. The van der Waals surface area contributed by atoms with Crippen LogP contribution in [0.2, 0.25) is 5.02 Å². The third-order valence-electron chi connectivity index (χ3n) is 3.76. The van der Waals surface area contributed by atoms with E-state index in [-0.39, 0.29) is 12.0 Å². The third kappa shape index (κ3) is 4.73. The minimum absolute atomic E-state index is 0.00781. The summed E-state index contributed by atoms with van der Waals surface area (Å²) >= 11 is 6.43. The van der Waals surface area contributed by atoms with Crippen LogP contribution in [0.3, 0.4) is 0 Å². The molecule has 1 saturated heterocycles. The molecule has 2 rings (SSSR count). The summed E-state index contributed by atoms with van der Waals surface area (Å²) in [7, 11) is 3.16. The van der Waals surface area contributed by atoms with E-state index in [1.807, 2.05) is 12.1 Å². The zero-order valence-corrected chi connectivity index (χ0v) is 14.5. The molecule has 7 heteroatoms. The Morgan fingerprint density at radius 1 is 1.43 bits per heavy atom. The van der Waals surface area contributed by atoms with Gasteiger partial charge in [0, 0.05) is 33.1 Å². The number of rotatable bonds is 6. The molecule has 0 saturated carbocycles. The molecule has 6 nitrogen and oxygen atoms in total. The van der Waals surface area contributed by atoms with Crippen LogP contribution in [0.25, 0.3) is 0 Å². The molecule has 1 N–H and O–H groups in total. The summed E-state index contributed by atoms with van der Waals surface area (Å²) in [6.45, 7) is 4.91. The van der Waals surface area contributed by atoms with Gasteiger partial charge in [-0.2, -0.15) is 0 Å². The zero-order valence-electron chi connectivity index (χ0n) is 13.7. The zero-order chi connectivity index (χ0) is 16.8. The van der Waals surface area contributed by atoms with Gasteiger partial charge in [-0.1, -0.05) is 17.7 Å². The average Bonchev–Trinajstić information content (AvgIpc) is 2.55. The topological polar surface area (TPSA) is 60.0 Å². The molecule has 23 heavy (non-hydrogen) atoms. The van der Waals surface area contributed by atoms with E-state index >= 15 is 0 Å². The Hall–Kier alpha value is -1.50. The number of amides is 1. The molecule has 0 aliphatic carbocycles. The predicted molar refractivity (Wildman–Crippen MR) is 88.3 cm³/mol. The molecule has 0 aromatic heterocycles. The second kappa shape index (κ2) is 8.38. The van der Waals surface area contributed by atoms with E-state index in [1.165, 1.54) is 6.92 Å². The first-order chi connectivity index (χ1) is 11.0. The lowest BCUT2D eigenvalue weighted by Gasteiger charge is -2.33. The van der Waals surface area contributed by atoms with Crippen LogP contribution >= 0.6 is 11.6 Å². The van der Waals surface area contributed by atoms with Crippen molar-refractivity contribution in [3.8, 4) is 11.5 Å². The fourth-order valence-corrected chi connectivity index (χ4v) is 2.89. The second-order valence-corrected chi connectivity index (χ2v) is 5.82. The molecule has 1 unspecified atom stereocenters. The lowest BCUT2D eigenvalue weighted by molar-refractivity contribution is -0.120. The fraction of sp³-hybridized carbons (Fsp3) is 0.562. The Balaban J connectivity index is 2.02. The highest BCUT2D eigenvalue weighted by Crippen LogP contribution is 2.37. The highest BCUT2D eigenvalue weighted by atomic mass is 35.5. The second-order valence-electron chi connectivity index (χ2n) is 5.44. The van der Waals surface area contributed by atoms with E-state index in [0.717, 1.165) is 18.7 Å². The third-order valence-corrected chi connectivity index (χ3v) is 4.17. The maximum absolute atomic E-state index is 11.0. The fourth-order valence-electron chi connectivity index (χ4n) is 2.60. The number of methoxy groups -OCH3 is 2. The predicted octanol–water partition coefficient (Wildman–Crippen LogP) is 1.69. The number of carbonyl (C=O) groups excluding carboxylic acids is 1. The van der Waals surface area contributed by atoms with Gasteiger partial charge in [-0.15, -0.1) is 0 Å². The number of benzene rings is 1. The van der Waals surface area contributed by atoms with Crippen molar-refractivity contribution in [1.29, 1.82) is 0 Å². The molecule has 1 aliphatic rings. The van der Waals surface area contributed by atoms with Gasteiger partial charge in [0.1, 0.15) is 0 Å². The summed E-state index contributed by atoms with van der Waals surface area (Å²) < 4.78 is 16.3. The minimum Gasteiger partial charge on any atom is -0.493 e. The van der Waals surface area contributed by atoms with Gasteiger partial charge in [-0.3, -0.25) is 9.69 Å².